The van der Waals surface area contributed by atoms with Gasteiger partial charge >= 0.3 is 6.03 Å². The Morgan fingerprint density at radius 1 is 1.47 bits per heavy atom. The van der Waals surface area contributed by atoms with Crippen molar-refractivity contribution in [3.63, 3.8) is 0 Å². The van der Waals surface area contributed by atoms with Crippen LogP contribution >= 0.6 is 12.2 Å². The van der Waals surface area contributed by atoms with E-state index in [2.05, 4.69) is 23.0 Å². The monoisotopic (exact) mass is 284 g/mol. The van der Waals surface area contributed by atoms with Crippen molar-refractivity contribution in [2.75, 3.05) is 6.54 Å². The Morgan fingerprint density at radius 2 is 2.11 bits per heavy atom. The number of hydrazine groups is 1. The molecule has 19 heavy (non-hydrogen) atoms. The summed E-state index contributed by atoms with van der Waals surface area (Å²) in [6, 6.07) is -0.417. The third-order valence-electron chi connectivity index (χ3n) is 3.84. The zero-order valence-corrected chi connectivity index (χ0v) is 12.1. The first-order valence-electron chi connectivity index (χ1n) is 6.69. The standard InChI is InChI=1S/C12H20N4O2S/c1-3-13-10(19)15-16-9(17)12(14-11(16)18)6-4-8(2)5-7-12/h8H,3-7H2,1-2H3,(H,14,18)(H2,13,15,19). The Kier molecular flexibility index (Phi) is 3.93. The quantitative estimate of drug-likeness (QED) is 0.519. The first-order valence-corrected chi connectivity index (χ1v) is 7.10. The molecule has 1 aliphatic heterocycles. The molecule has 106 valence electrons. The molecule has 7 heteroatoms. The molecule has 1 heterocycles. The second-order valence-corrected chi connectivity index (χ2v) is 5.71. The van der Waals surface area contributed by atoms with E-state index < -0.39 is 11.6 Å². The summed E-state index contributed by atoms with van der Waals surface area (Å²) in [6.45, 7) is 4.70. The molecule has 0 aromatic carbocycles. The fourth-order valence-corrected chi connectivity index (χ4v) is 2.85. The van der Waals surface area contributed by atoms with Crippen molar-refractivity contribution in [3.05, 3.63) is 0 Å². The van der Waals surface area contributed by atoms with Crippen molar-refractivity contribution < 1.29 is 9.59 Å². The summed E-state index contributed by atoms with van der Waals surface area (Å²) in [4.78, 5) is 24.4. The summed E-state index contributed by atoms with van der Waals surface area (Å²) < 4.78 is 0. The summed E-state index contributed by atoms with van der Waals surface area (Å²) in [5.41, 5.74) is 1.93. The number of imide groups is 1. The molecule has 0 unspecified atom stereocenters. The highest BCUT2D eigenvalue weighted by Gasteiger charge is 2.52. The van der Waals surface area contributed by atoms with E-state index in [9.17, 15) is 9.59 Å². The summed E-state index contributed by atoms with van der Waals surface area (Å²) in [7, 11) is 0. The second-order valence-electron chi connectivity index (χ2n) is 5.31. The molecule has 2 aliphatic rings. The summed E-state index contributed by atoms with van der Waals surface area (Å²) in [5, 5.41) is 6.97. The number of amides is 3. The lowest BCUT2D eigenvalue weighted by atomic mass is 9.77. The highest BCUT2D eigenvalue weighted by Crippen LogP contribution is 2.35. The van der Waals surface area contributed by atoms with Gasteiger partial charge in [-0.2, -0.15) is 5.01 Å². The molecule has 2 fully saturated rings. The Morgan fingerprint density at radius 3 is 2.68 bits per heavy atom. The molecule has 1 saturated heterocycles. The van der Waals surface area contributed by atoms with Gasteiger partial charge in [-0.25, -0.2) is 4.79 Å². The zero-order chi connectivity index (χ0) is 14.0. The molecule has 0 aromatic heterocycles. The predicted molar refractivity (Wildman–Crippen MR) is 75.2 cm³/mol. The van der Waals surface area contributed by atoms with E-state index in [0.717, 1.165) is 17.9 Å². The van der Waals surface area contributed by atoms with Crippen LogP contribution in [0.4, 0.5) is 4.79 Å². The molecule has 1 aliphatic carbocycles. The lowest BCUT2D eigenvalue weighted by molar-refractivity contribution is -0.133. The van der Waals surface area contributed by atoms with Gasteiger partial charge in [0.05, 0.1) is 0 Å². The Hall–Kier alpha value is -1.37. The van der Waals surface area contributed by atoms with Crippen molar-refractivity contribution >= 4 is 29.3 Å². The Bertz CT molecular complexity index is 405. The molecular weight excluding hydrogens is 264 g/mol. The average molecular weight is 284 g/mol. The van der Waals surface area contributed by atoms with E-state index >= 15 is 0 Å². The van der Waals surface area contributed by atoms with Gasteiger partial charge in [0.2, 0.25) is 0 Å². The number of urea groups is 1. The highest BCUT2D eigenvalue weighted by molar-refractivity contribution is 7.80. The third-order valence-corrected chi connectivity index (χ3v) is 4.08. The van der Waals surface area contributed by atoms with Crippen LogP contribution in [0.25, 0.3) is 0 Å². The topological polar surface area (TPSA) is 73.5 Å². The molecule has 0 bridgehead atoms. The van der Waals surface area contributed by atoms with Gasteiger partial charge in [-0.1, -0.05) is 6.92 Å². The number of nitrogens with zero attached hydrogens (tertiary/aromatic N) is 1. The van der Waals surface area contributed by atoms with Gasteiger partial charge in [-0.3, -0.25) is 10.2 Å². The minimum absolute atomic E-state index is 0.218. The van der Waals surface area contributed by atoms with Crippen LogP contribution < -0.4 is 16.1 Å². The Balaban J connectivity index is 2.06. The molecule has 3 amide bonds. The maximum Gasteiger partial charge on any atom is 0.344 e. The van der Waals surface area contributed by atoms with Crippen LogP contribution in [0.2, 0.25) is 0 Å². The van der Waals surface area contributed by atoms with Crippen LogP contribution in [0, 0.1) is 5.92 Å². The van der Waals surface area contributed by atoms with Crippen molar-refractivity contribution in [2.24, 2.45) is 5.92 Å². The van der Waals surface area contributed by atoms with Crippen LogP contribution in [0.15, 0.2) is 0 Å². The zero-order valence-electron chi connectivity index (χ0n) is 11.3. The summed E-state index contributed by atoms with van der Waals surface area (Å²) >= 11 is 5.01. The van der Waals surface area contributed by atoms with Crippen LogP contribution in [-0.4, -0.2) is 34.1 Å². The van der Waals surface area contributed by atoms with Gasteiger partial charge in [0.1, 0.15) is 5.54 Å². The number of carbonyl (C=O) groups excluding carboxylic acids is 2. The smallest absolute Gasteiger partial charge is 0.344 e. The van der Waals surface area contributed by atoms with Crippen molar-refractivity contribution in [1.29, 1.82) is 0 Å². The summed E-state index contributed by atoms with van der Waals surface area (Å²) in [5.74, 6) is 0.393. The van der Waals surface area contributed by atoms with Crippen LogP contribution in [0.3, 0.4) is 0 Å². The molecule has 0 radical (unpaired) electrons. The number of thiocarbonyl (C=S) groups is 1. The fourth-order valence-electron chi connectivity index (χ4n) is 2.62. The first kappa shape index (κ1) is 14.0. The van der Waals surface area contributed by atoms with Crippen molar-refractivity contribution in [1.82, 2.24) is 21.1 Å². The third kappa shape index (κ3) is 2.65. The lowest BCUT2D eigenvalue weighted by Crippen LogP contribution is -2.53. The minimum atomic E-state index is -0.724. The molecule has 1 saturated carbocycles. The first-order chi connectivity index (χ1) is 8.98. The van der Waals surface area contributed by atoms with E-state index in [-0.39, 0.29) is 11.0 Å². The maximum absolute atomic E-state index is 12.4. The SMILES string of the molecule is CCNC(=S)NN1C(=O)NC2(CCC(C)CC2)C1=O. The minimum Gasteiger partial charge on any atom is -0.362 e. The Labute approximate surface area is 118 Å². The molecule has 0 atom stereocenters. The van der Waals surface area contributed by atoms with E-state index in [0.29, 0.717) is 25.3 Å². The molecule has 3 N–H and O–H groups in total. The van der Waals surface area contributed by atoms with Gasteiger partial charge in [-0.05, 0) is 50.7 Å². The van der Waals surface area contributed by atoms with Gasteiger partial charge in [0.15, 0.2) is 5.11 Å². The van der Waals surface area contributed by atoms with Gasteiger partial charge in [-0.15, -0.1) is 0 Å². The molecule has 0 aromatic rings. The number of nitrogens with one attached hydrogen (secondary N) is 3. The summed E-state index contributed by atoms with van der Waals surface area (Å²) in [6.07, 6.45) is 3.31. The fraction of sp³-hybridized carbons (Fsp3) is 0.750. The van der Waals surface area contributed by atoms with E-state index in [1.165, 1.54) is 0 Å². The van der Waals surface area contributed by atoms with Crippen LogP contribution in [0.1, 0.15) is 39.5 Å². The average Bonchev–Trinajstić information content (AvgIpc) is 2.59. The van der Waals surface area contributed by atoms with Gasteiger partial charge in [0.25, 0.3) is 5.91 Å². The second kappa shape index (κ2) is 5.32. The van der Waals surface area contributed by atoms with E-state index in [4.69, 9.17) is 12.2 Å². The number of rotatable bonds is 2. The van der Waals surface area contributed by atoms with Gasteiger partial charge in [0, 0.05) is 6.54 Å². The van der Waals surface area contributed by atoms with Crippen molar-refractivity contribution in [3.8, 4) is 0 Å². The number of hydrogen-bond donors (Lipinski definition) is 3. The lowest BCUT2D eigenvalue weighted by Gasteiger charge is -2.33. The molecule has 2 rings (SSSR count). The molecule has 6 nitrogen and oxygen atoms in total. The van der Waals surface area contributed by atoms with Crippen LogP contribution in [-0.2, 0) is 4.79 Å². The maximum atomic E-state index is 12.4. The van der Waals surface area contributed by atoms with Crippen molar-refractivity contribution in [2.45, 2.75) is 45.1 Å². The molecule has 1 spiro atoms. The van der Waals surface area contributed by atoms with E-state index in [1.54, 1.807) is 0 Å². The van der Waals surface area contributed by atoms with Gasteiger partial charge < -0.3 is 10.6 Å². The normalized spacial score (nSPS) is 30.4. The van der Waals surface area contributed by atoms with Crippen LogP contribution in [0.5, 0.6) is 0 Å². The largest absolute Gasteiger partial charge is 0.362 e. The van der Waals surface area contributed by atoms with E-state index in [1.807, 2.05) is 6.92 Å². The number of carbonyl (C=O) groups is 2. The highest BCUT2D eigenvalue weighted by atomic mass is 32.1. The number of hydrogen-bond acceptors (Lipinski definition) is 3. The molecular formula is C12H20N4O2S. The predicted octanol–water partition coefficient (Wildman–Crippen LogP) is 0.886.